The highest BCUT2D eigenvalue weighted by atomic mass is 32.2. The van der Waals surface area contributed by atoms with Gasteiger partial charge in [-0.3, -0.25) is 0 Å². The SMILES string of the molecule is CCc1ccc2[nH]c(-c3ccccc3SC)c(CCCCN)c2c1. The molecule has 0 aliphatic rings. The van der Waals surface area contributed by atoms with Crippen LogP contribution in [-0.2, 0) is 12.8 Å². The number of fused-ring (bicyclic) bond motifs is 1. The fraction of sp³-hybridized carbons (Fsp3) is 0.333. The minimum absolute atomic E-state index is 0.763. The van der Waals surface area contributed by atoms with E-state index in [2.05, 4.69) is 60.6 Å². The predicted octanol–water partition coefficient (Wildman–Crippen LogP) is 5.40. The zero-order valence-electron chi connectivity index (χ0n) is 14.6. The van der Waals surface area contributed by atoms with Crippen LogP contribution in [0.1, 0.15) is 30.9 Å². The van der Waals surface area contributed by atoms with Crippen molar-refractivity contribution in [3.8, 4) is 11.3 Å². The summed E-state index contributed by atoms with van der Waals surface area (Å²) in [5.41, 5.74) is 12.4. The van der Waals surface area contributed by atoms with Gasteiger partial charge in [0.2, 0.25) is 0 Å². The molecule has 0 unspecified atom stereocenters. The number of unbranched alkanes of at least 4 members (excludes halogenated alkanes) is 1. The van der Waals surface area contributed by atoms with Crippen molar-refractivity contribution in [3.63, 3.8) is 0 Å². The van der Waals surface area contributed by atoms with Crippen LogP contribution in [0, 0.1) is 0 Å². The minimum atomic E-state index is 0.763. The number of benzene rings is 2. The molecule has 3 heteroatoms. The number of rotatable bonds is 7. The fourth-order valence-electron chi connectivity index (χ4n) is 3.30. The molecule has 24 heavy (non-hydrogen) atoms. The van der Waals surface area contributed by atoms with Gasteiger partial charge in [0, 0.05) is 21.4 Å². The Morgan fingerprint density at radius 2 is 1.92 bits per heavy atom. The van der Waals surface area contributed by atoms with Crippen LogP contribution in [0.5, 0.6) is 0 Å². The lowest BCUT2D eigenvalue weighted by atomic mass is 9.99. The molecule has 2 aromatic carbocycles. The van der Waals surface area contributed by atoms with Gasteiger partial charge in [0.15, 0.2) is 0 Å². The lowest BCUT2D eigenvalue weighted by Crippen LogP contribution is -1.99. The first-order valence-corrected chi connectivity index (χ1v) is 9.97. The van der Waals surface area contributed by atoms with Crippen LogP contribution in [0.3, 0.4) is 0 Å². The Bertz CT molecular complexity index is 820. The van der Waals surface area contributed by atoms with Crippen molar-refractivity contribution in [1.82, 2.24) is 4.98 Å². The van der Waals surface area contributed by atoms with Gasteiger partial charge in [-0.05, 0) is 67.8 Å². The van der Waals surface area contributed by atoms with E-state index in [1.54, 1.807) is 11.8 Å². The topological polar surface area (TPSA) is 41.8 Å². The number of hydrogen-bond acceptors (Lipinski definition) is 2. The summed E-state index contributed by atoms with van der Waals surface area (Å²) in [5, 5.41) is 1.37. The molecule has 0 radical (unpaired) electrons. The Balaban J connectivity index is 2.16. The van der Waals surface area contributed by atoms with Crippen LogP contribution in [0.25, 0.3) is 22.2 Å². The van der Waals surface area contributed by atoms with E-state index in [9.17, 15) is 0 Å². The van der Waals surface area contributed by atoms with E-state index in [4.69, 9.17) is 5.73 Å². The van der Waals surface area contributed by atoms with Gasteiger partial charge in [-0.25, -0.2) is 0 Å². The molecule has 0 spiro atoms. The first kappa shape index (κ1) is 17.1. The molecule has 0 amide bonds. The Hall–Kier alpha value is -1.71. The van der Waals surface area contributed by atoms with Gasteiger partial charge < -0.3 is 10.7 Å². The van der Waals surface area contributed by atoms with Gasteiger partial charge in [0.05, 0.1) is 5.69 Å². The second-order valence-electron chi connectivity index (χ2n) is 6.16. The summed E-state index contributed by atoms with van der Waals surface area (Å²) in [5.74, 6) is 0. The Morgan fingerprint density at radius 1 is 1.08 bits per heavy atom. The van der Waals surface area contributed by atoms with Crippen LogP contribution in [0.15, 0.2) is 47.4 Å². The molecular weight excluding hydrogens is 312 g/mol. The van der Waals surface area contributed by atoms with E-state index < -0.39 is 0 Å². The summed E-state index contributed by atoms with van der Waals surface area (Å²) in [6.07, 6.45) is 6.49. The maximum Gasteiger partial charge on any atom is 0.0508 e. The highest BCUT2D eigenvalue weighted by molar-refractivity contribution is 7.98. The third-order valence-electron chi connectivity index (χ3n) is 4.64. The normalized spacial score (nSPS) is 11.3. The maximum absolute atomic E-state index is 5.71. The highest BCUT2D eigenvalue weighted by Gasteiger charge is 2.15. The number of aromatic nitrogens is 1. The number of thioether (sulfide) groups is 1. The van der Waals surface area contributed by atoms with Crippen LogP contribution in [0.4, 0.5) is 0 Å². The molecule has 0 fully saturated rings. The van der Waals surface area contributed by atoms with E-state index in [-0.39, 0.29) is 0 Å². The van der Waals surface area contributed by atoms with E-state index in [0.717, 1.165) is 32.2 Å². The molecule has 0 aliphatic heterocycles. The number of nitrogens with one attached hydrogen (secondary N) is 1. The number of H-pyrrole nitrogens is 1. The maximum atomic E-state index is 5.71. The van der Waals surface area contributed by atoms with Crippen molar-refractivity contribution in [3.05, 3.63) is 53.6 Å². The molecule has 3 rings (SSSR count). The second-order valence-corrected chi connectivity index (χ2v) is 7.01. The summed E-state index contributed by atoms with van der Waals surface area (Å²) < 4.78 is 0. The summed E-state index contributed by atoms with van der Waals surface area (Å²) in [7, 11) is 0. The van der Waals surface area contributed by atoms with Crippen molar-refractivity contribution >= 4 is 22.7 Å². The van der Waals surface area contributed by atoms with Crippen molar-refractivity contribution in [2.75, 3.05) is 12.8 Å². The predicted molar refractivity (Wildman–Crippen MR) is 107 cm³/mol. The number of aryl methyl sites for hydroxylation is 2. The summed E-state index contributed by atoms with van der Waals surface area (Å²) in [6.45, 7) is 2.98. The summed E-state index contributed by atoms with van der Waals surface area (Å²) >= 11 is 1.80. The monoisotopic (exact) mass is 338 g/mol. The lowest BCUT2D eigenvalue weighted by Gasteiger charge is -2.09. The van der Waals surface area contributed by atoms with Gasteiger partial charge >= 0.3 is 0 Å². The second kappa shape index (κ2) is 7.91. The fourth-order valence-corrected chi connectivity index (χ4v) is 3.91. The Morgan fingerprint density at radius 3 is 2.67 bits per heavy atom. The molecule has 0 bridgehead atoms. The number of hydrogen-bond donors (Lipinski definition) is 2. The van der Waals surface area contributed by atoms with E-state index in [1.165, 1.54) is 38.2 Å². The average Bonchev–Trinajstić information content (AvgIpc) is 2.99. The number of aromatic amines is 1. The molecule has 2 nitrogen and oxygen atoms in total. The quantitative estimate of drug-likeness (QED) is 0.447. The minimum Gasteiger partial charge on any atom is -0.354 e. The molecule has 0 aliphatic carbocycles. The molecule has 3 N–H and O–H groups in total. The average molecular weight is 339 g/mol. The van der Waals surface area contributed by atoms with Crippen LogP contribution < -0.4 is 5.73 Å². The largest absolute Gasteiger partial charge is 0.354 e. The van der Waals surface area contributed by atoms with Gasteiger partial charge in [-0.2, -0.15) is 0 Å². The summed E-state index contributed by atoms with van der Waals surface area (Å²) in [6, 6.07) is 15.5. The third-order valence-corrected chi connectivity index (χ3v) is 5.43. The number of nitrogens with two attached hydrogens (primary N) is 1. The standard InChI is InChI=1S/C21H26N2S/c1-3-15-11-12-19-18(14-15)16(8-6-7-13-22)21(23-19)17-9-4-5-10-20(17)24-2/h4-5,9-12,14,23H,3,6-8,13,22H2,1-2H3. The highest BCUT2D eigenvalue weighted by Crippen LogP contribution is 2.36. The summed E-state index contributed by atoms with van der Waals surface area (Å²) in [4.78, 5) is 5.01. The molecule has 0 atom stereocenters. The van der Waals surface area contributed by atoms with Crippen LogP contribution in [0.2, 0.25) is 0 Å². The van der Waals surface area contributed by atoms with Crippen molar-refractivity contribution < 1.29 is 0 Å². The molecule has 0 saturated heterocycles. The van der Waals surface area contributed by atoms with Gasteiger partial charge in [-0.15, -0.1) is 11.8 Å². The molecule has 0 saturated carbocycles. The molecular formula is C21H26N2S. The zero-order valence-corrected chi connectivity index (χ0v) is 15.4. The van der Waals surface area contributed by atoms with Gasteiger partial charge in [0.1, 0.15) is 0 Å². The first-order chi connectivity index (χ1) is 11.8. The van der Waals surface area contributed by atoms with E-state index in [0.29, 0.717) is 0 Å². The van der Waals surface area contributed by atoms with Gasteiger partial charge in [-0.1, -0.05) is 31.2 Å². The van der Waals surface area contributed by atoms with Crippen molar-refractivity contribution in [2.45, 2.75) is 37.5 Å². The molecule has 3 aromatic rings. The first-order valence-electron chi connectivity index (χ1n) is 8.75. The van der Waals surface area contributed by atoms with E-state index >= 15 is 0 Å². The molecule has 1 aromatic heterocycles. The van der Waals surface area contributed by atoms with Crippen LogP contribution in [-0.4, -0.2) is 17.8 Å². The third kappa shape index (κ3) is 3.38. The van der Waals surface area contributed by atoms with E-state index in [1.807, 2.05) is 0 Å². The molecule has 126 valence electrons. The lowest BCUT2D eigenvalue weighted by molar-refractivity contribution is 0.748. The molecule has 1 heterocycles. The van der Waals surface area contributed by atoms with Crippen molar-refractivity contribution in [1.29, 1.82) is 0 Å². The zero-order chi connectivity index (χ0) is 16.9. The van der Waals surface area contributed by atoms with Crippen molar-refractivity contribution in [2.24, 2.45) is 5.73 Å². The Labute approximate surface area is 148 Å². The van der Waals surface area contributed by atoms with Gasteiger partial charge in [0.25, 0.3) is 0 Å². The smallest absolute Gasteiger partial charge is 0.0508 e. The Kier molecular flexibility index (Phi) is 5.64. The van der Waals surface area contributed by atoms with Crippen LogP contribution >= 0.6 is 11.8 Å².